The van der Waals surface area contributed by atoms with E-state index in [1.807, 2.05) is 12.1 Å². The summed E-state index contributed by atoms with van der Waals surface area (Å²) in [5.41, 5.74) is 1.62. The van der Waals surface area contributed by atoms with Crippen molar-refractivity contribution in [3.8, 4) is 5.75 Å². The minimum atomic E-state index is -0.469. The van der Waals surface area contributed by atoms with E-state index in [-0.39, 0.29) is 12.4 Å². The predicted molar refractivity (Wildman–Crippen MR) is 73.3 cm³/mol. The van der Waals surface area contributed by atoms with Gasteiger partial charge in [-0.05, 0) is 48.4 Å². The van der Waals surface area contributed by atoms with Crippen LogP contribution in [-0.4, -0.2) is 13.1 Å². The lowest BCUT2D eigenvalue weighted by Gasteiger charge is -2.07. The molecule has 2 rings (SSSR count). The molecule has 0 bridgehead atoms. The fourth-order valence-electron chi connectivity index (χ4n) is 1.73. The van der Waals surface area contributed by atoms with Crippen LogP contribution in [0.3, 0.4) is 0 Å². The van der Waals surface area contributed by atoms with Gasteiger partial charge in [0.15, 0.2) is 0 Å². The van der Waals surface area contributed by atoms with E-state index in [1.165, 1.54) is 18.2 Å². The Kier molecular flexibility index (Phi) is 4.35. The minimum absolute atomic E-state index is 0.166. The second-order valence-electron chi connectivity index (χ2n) is 4.39. The molecule has 0 aliphatic rings. The molecule has 0 amide bonds. The van der Waals surface area contributed by atoms with E-state index in [2.05, 4.69) is 0 Å². The maximum absolute atomic E-state index is 13.1. The number of hydrogen-bond acceptors (Lipinski definition) is 3. The molecule has 0 aliphatic carbocycles. The summed E-state index contributed by atoms with van der Waals surface area (Å²) in [5.74, 6) is -0.0603. The zero-order chi connectivity index (χ0) is 14.5. The van der Waals surface area contributed by atoms with Crippen LogP contribution in [0.4, 0.5) is 4.39 Å². The van der Waals surface area contributed by atoms with Gasteiger partial charge in [-0.15, -0.1) is 0 Å². The Labute approximate surface area is 117 Å². The first-order chi connectivity index (χ1) is 9.60. The van der Waals surface area contributed by atoms with Gasteiger partial charge in [-0.1, -0.05) is 12.1 Å². The van der Waals surface area contributed by atoms with Crippen LogP contribution in [0.25, 0.3) is 0 Å². The van der Waals surface area contributed by atoms with Crippen molar-refractivity contribution in [2.75, 3.05) is 7.11 Å². The van der Waals surface area contributed by atoms with E-state index >= 15 is 0 Å². The summed E-state index contributed by atoms with van der Waals surface area (Å²) in [6.45, 7) is 1.77. The van der Waals surface area contributed by atoms with Gasteiger partial charge in [-0.3, -0.25) is 0 Å². The number of aryl methyl sites for hydroxylation is 1. The molecule has 20 heavy (non-hydrogen) atoms. The molecule has 3 nitrogen and oxygen atoms in total. The predicted octanol–water partition coefficient (Wildman–Crippen LogP) is 3.50. The first kappa shape index (κ1) is 14.1. The van der Waals surface area contributed by atoms with Crippen molar-refractivity contribution in [3.63, 3.8) is 0 Å². The van der Waals surface area contributed by atoms with Crippen LogP contribution >= 0.6 is 0 Å². The zero-order valence-corrected chi connectivity index (χ0v) is 11.4. The molecule has 2 aromatic carbocycles. The molecule has 0 radical (unpaired) electrons. The number of rotatable bonds is 4. The standard InChI is InChI=1S/C16H15FO3/c1-11-9-13(5-8-15(11)17)16(18)20-10-12-3-6-14(19-2)7-4-12/h3-9H,10H2,1-2H3. The fraction of sp³-hybridized carbons (Fsp3) is 0.188. The van der Waals surface area contributed by atoms with E-state index in [9.17, 15) is 9.18 Å². The third-order valence-corrected chi connectivity index (χ3v) is 2.92. The summed E-state index contributed by atoms with van der Waals surface area (Å²) in [7, 11) is 1.59. The second kappa shape index (κ2) is 6.19. The van der Waals surface area contributed by atoms with Crippen LogP contribution in [0.15, 0.2) is 42.5 Å². The SMILES string of the molecule is COc1ccc(COC(=O)c2ccc(F)c(C)c2)cc1. The molecule has 2 aromatic rings. The Morgan fingerprint density at radius 3 is 2.45 bits per heavy atom. The number of benzene rings is 2. The summed E-state index contributed by atoms with van der Waals surface area (Å²) in [6.07, 6.45) is 0. The lowest BCUT2D eigenvalue weighted by molar-refractivity contribution is 0.0472. The summed E-state index contributed by atoms with van der Waals surface area (Å²) in [4.78, 5) is 11.8. The number of hydrogen-bond donors (Lipinski definition) is 0. The highest BCUT2D eigenvalue weighted by molar-refractivity contribution is 5.89. The molecule has 4 heteroatoms. The van der Waals surface area contributed by atoms with Crippen LogP contribution in [0, 0.1) is 12.7 Å². The average Bonchev–Trinajstić information content (AvgIpc) is 2.48. The van der Waals surface area contributed by atoms with E-state index in [4.69, 9.17) is 9.47 Å². The highest BCUT2D eigenvalue weighted by Gasteiger charge is 2.09. The quantitative estimate of drug-likeness (QED) is 0.800. The number of carbonyl (C=O) groups excluding carboxylic acids is 1. The maximum Gasteiger partial charge on any atom is 0.338 e. The average molecular weight is 274 g/mol. The number of ether oxygens (including phenoxy) is 2. The van der Waals surface area contributed by atoms with Gasteiger partial charge in [0.1, 0.15) is 18.2 Å². The second-order valence-corrected chi connectivity index (χ2v) is 4.39. The number of carbonyl (C=O) groups is 1. The topological polar surface area (TPSA) is 35.5 Å². The van der Waals surface area contributed by atoms with Gasteiger partial charge >= 0.3 is 5.97 Å². The van der Waals surface area contributed by atoms with E-state index in [1.54, 1.807) is 26.2 Å². The first-order valence-corrected chi connectivity index (χ1v) is 6.16. The molecular formula is C16H15FO3. The number of methoxy groups -OCH3 is 1. The van der Waals surface area contributed by atoms with Crippen LogP contribution in [0.2, 0.25) is 0 Å². The smallest absolute Gasteiger partial charge is 0.338 e. The third-order valence-electron chi connectivity index (χ3n) is 2.92. The van der Waals surface area contributed by atoms with Gasteiger partial charge in [0.05, 0.1) is 12.7 Å². The molecule has 0 heterocycles. The third kappa shape index (κ3) is 3.35. The van der Waals surface area contributed by atoms with Crippen molar-refractivity contribution in [1.82, 2.24) is 0 Å². The lowest BCUT2D eigenvalue weighted by Crippen LogP contribution is -2.06. The summed E-state index contributed by atoms with van der Waals surface area (Å²) < 4.78 is 23.3. The van der Waals surface area contributed by atoms with E-state index in [0.717, 1.165) is 11.3 Å². The minimum Gasteiger partial charge on any atom is -0.497 e. The molecule has 0 atom stereocenters. The van der Waals surface area contributed by atoms with Gasteiger partial charge in [0.2, 0.25) is 0 Å². The van der Waals surface area contributed by atoms with Crippen LogP contribution in [0.5, 0.6) is 5.75 Å². The molecule has 0 aromatic heterocycles. The lowest BCUT2D eigenvalue weighted by atomic mass is 10.1. The molecule has 0 aliphatic heterocycles. The van der Waals surface area contributed by atoms with Crippen molar-refractivity contribution >= 4 is 5.97 Å². The Morgan fingerprint density at radius 1 is 1.15 bits per heavy atom. The maximum atomic E-state index is 13.1. The zero-order valence-electron chi connectivity index (χ0n) is 11.4. The molecule has 0 N–H and O–H groups in total. The van der Waals surface area contributed by atoms with E-state index in [0.29, 0.717) is 11.1 Å². The normalized spacial score (nSPS) is 10.2. The van der Waals surface area contributed by atoms with Crippen LogP contribution in [0.1, 0.15) is 21.5 Å². The Bertz CT molecular complexity index is 606. The molecule has 104 valence electrons. The van der Waals surface area contributed by atoms with Crippen LogP contribution in [-0.2, 0) is 11.3 Å². The Balaban J connectivity index is 1.98. The first-order valence-electron chi connectivity index (χ1n) is 6.16. The van der Waals surface area contributed by atoms with Crippen molar-refractivity contribution in [2.24, 2.45) is 0 Å². The van der Waals surface area contributed by atoms with Gasteiger partial charge in [0, 0.05) is 0 Å². The molecule has 0 unspecified atom stereocenters. The van der Waals surface area contributed by atoms with Crippen molar-refractivity contribution in [3.05, 3.63) is 65.0 Å². The van der Waals surface area contributed by atoms with Crippen molar-refractivity contribution in [1.29, 1.82) is 0 Å². The molecule has 0 saturated carbocycles. The van der Waals surface area contributed by atoms with Gasteiger partial charge in [-0.25, -0.2) is 9.18 Å². The molecular weight excluding hydrogens is 259 g/mol. The molecule has 0 fully saturated rings. The highest BCUT2D eigenvalue weighted by atomic mass is 19.1. The molecule has 0 saturated heterocycles. The van der Waals surface area contributed by atoms with Gasteiger partial charge < -0.3 is 9.47 Å². The Morgan fingerprint density at radius 2 is 1.85 bits per heavy atom. The van der Waals surface area contributed by atoms with Crippen molar-refractivity contribution < 1.29 is 18.7 Å². The van der Waals surface area contributed by atoms with E-state index < -0.39 is 5.97 Å². The molecule has 0 spiro atoms. The summed E-state index contributed by atoms with van der Waals surface area (Å²) in [6, 6.07) is 11.4. The van der Waals surface area contributed by atoms with Crippen LogP contribution < -0.4 is 4.74 Å². The van der Waals surface area contributed by atoms with Crippen molar-refractivity contribution in [2.45, 2.75) is 13.5 Å². The largest absolute Gasteiger partial charge is 0.497 e. The summed E-state index contributed by atoms with van der Waals surface area (Å²) in [5, 5.41) is 0. The summed E-state index contributed by atoms with van der Waals surface area (Å²) >= 11 is 0. The van der Waals surface area contributed by atoms with Gasteiger partial charge in [-0.2, -0.15) is 0 Å². The highest BCUT2D eigenvalue weighted by Crippen LogP contribution is 2.14. The number of halogens is 1. The number of esters is 1. The van der Waals surface area contributed by atoms with Gasteiger partial charge in [0.25, 0.3) is 0 Å². The Hall–Kier alpha value is -2.36. The monoisotopic (exact) mass is 274 g/mol. The fourth-order valence-corrected chi connectivity index (χ4v) is 1.73.